The molecule has 36 heavy (non-hydrogen) atoms. The summed E-state index contributed by atoms with van der Waals surface area (Å²) in [5, 5.41) is 17.0. The number of phenols is 1. The van der Waals surface area contributed by atoms with Crippen molar-refractivity contribution < 1.29 is 19.4 Å². The van der Waals surface area contributed by atoms with Crippen LogP contribution in [0.1, 0.15) is 35.3 Å². The summed E-state index contributed by atoms with van der Waals surface area (Å²) in [6.07, 6.45) is 2.89. The molecule has 0 bridgehead atoms. The number of ether oxygens (including phenoxy) is 1. The van der Waals surface area contributed by atoms with Gasteiger partial charge in [-0.3, -0.25) is 9.59 Å². The van der Waals surface area contributed by atoms with Crippen LogP contribution in [0.4, 0.5) is 5.69 Å². The molecule has 8 nitrogen and oxygen atoms in total. The van der Waals surface area contributed by atoms with Crippen LogP contribution in [0.15, 0.2) is 83.6 Å². The van der Waals surface area contributed by atoms with Gasteiger partial charge in [0.25, 0.3) is 11.8 Å². The topological polar surface area (TPSA) is 103 Å². The number of rotatable bonds is 10. The first-order chi connectivity index (χ1) is 17.4. The second-order valence-electron chi connectivity index (χ2n) is 7.77. The Hall–Kier alpha value is -4.59. The predicted octanol–water partition coefficient (Wildman–Crippen LogP) is 4.17. The molecule has 0 atom stereocenters. The Morgan fingerprint density at radius 1 is 1.00 bits per heavy atom. The van der Waals surface area contributed by atoms with Gasteiger partial charge in [0.15, 0.2) is 0 Å². The number of carbonyl (C=O) groups is 2. The Morgan fingerprint density at radius 3 is 2.31 bits per heavy atom. The van der Waals surface area contributed by atoms with E-state index in [9.17, 15) is 14.7 Å². The molecule has 0 radical (unpaired) electrons. The van der Waals surface area contributed by atoms with E-state index in [1.165, 1.54) is 6.21 Å². The van der Waals surface area contributed by atoms with Gasteiger partial charge in [0.05, 0.1) is 13.3 Å². The van der Waals surface area contributed by atoms with Crippen molar-refractivity contribution in [3.05, 3.63) is 95.2 Å². The minimum atomic E-state index is -0.620. The van der Waals surface area contributed by atoms with E-state index in [-0.39, 0.29) is 11.4 Å². The lowest BCUT2D eigenvalue weighted by atomic mass is 10.1. The first-order valence-electron chi connectivity index (χ1n) is 11.6. The number of hydrogen-bond donors (Lipinski definition) is 3. The Morgan fingerprint density at radius 2 is 1.69 bits per heavy atom. The molecule has 186 valence electrons. The van der Waals surface area contributed by atoms with Crippen molar-refractivity contribution in [3.8, 4) is 11.5 Å². The number of benzene rings is 3. The third-order valence-electron chi connectivity index (χ3n) is 5.47. The molecule has 0 aliphatic carbocycles. The standard InChI is InChI=1S/C28H30N4O4/c1-4-32(5-2)23-14-13-22(26(33)18-23)19-29-31-28(35)25(17-20-11-15-24(36-3)16-12-20)30-27(34)21-9-7-6-8-10-21/h6-19,33H,4-5H2,1-3H3,(H,30,34)(H,31,35)/b25-17?,29-19+. The number of nitrogens with one attached hydrogen (secondary N) is 2. The van der Waals surface area contributed by atoms with Crippen LogP contribution in [0.25, 0.3) is 6.08 Å². The van der Waals surface area contributed by atoms with Crippen LogP contribution in [-0.4, -0.2) is 43.3 Å². The van der Waals surface area contributed by atoms with E-state index in [0.29, 0.717) is 22.4 Å². The molecule has 0 saturated carbocycles. The molecule has 3 aromatic rings. The molecule has 2 amide bonds. The fourth-order valence-corrected chi connectivity index (χ4v) is 3.46. The summed E-state index contributed by atoms with van der Waals surface area (Å²) in [6, 6.07) is 20.9. The van der Waals surface area contributed by atoms with Gasteiger partial charge in [-0.15, -0.1) is 0 Å². The van der Waals surface area contributed by atoms with Crippen LogP contribution in [-0.2, 0) is 4.79 Å². The Bertz CT molecular complexity index is 1230. The Balaban J connectivity index is 1.78. The zero-order valence-corrected chi connectivity index (χ0v) is 20.6. The fourth-order valence-electron chi connectivity index (χ4n) is 3.46. The summed E-state index contributed by atoms with van der Waals surface area (Å²) in [5.41, 5.74) is 4.86. The number of hydrazone groups is 1. The molecule has 3 rings (SSSR count). The average Bonchev–Trinajstić information content (AvgIpc) is 2.91. The molecule has 0 spiro atoms. The zero-order valence-electron chi connectivity index (χ0n) is 20.6. The molecule has 0 heterocycles. The van der Waals surface area contributed by atoms with E-state index >= 15 is 0 Å². The fraction of sp³-hybridized carbons (Fsp3) is 0.179. The molecule has 8 heteroatoms. The lowest BCUT2D eigenvalue weighted by Gasteiger charge is -2.21. The van der Waals surface area contributed by atoms with Crippen LogP contribution >= 0.6 is 0 Å². The maximum atomic E-state index is 12.9. The van der Waals surface area contributed by atoms with Crippen molar-refractivity contribution in [2.45, 2.75) is 13.8 Å². The minimum Gasteiger partial charge on any atom is -0.507 e. The van der Waals surface area contributed by atoms with Gasteiger partial charge in [-0.2, -0.15) is 5.10 Å². The monoisotopic (exact) mass is 486 g/mol. The number of methoxy groups -OCH3 is 1. The van der Waals surface area contributed by atoms with E-state index in [1.807, 2.05) is 19.9 Å². The number of carbonyl (C=O) groups excluding carboxylic acids is 2. The van der Waals surface area contributed by atoms with Crippen LogP contribution in [0, 0.1) is 0 Å². The maximum absolute atomic E-state index is 12.9. The maximum Gasteiger partial charge on any atom is 0.287 e. The van der Waals surface area contributed by atoms with Crippen molar-refractivity contribution in [2.75, 3.05) is 25.1 Å². The quantitative estimate of drug-likeness (QED) is 0.227. The van der Waals surface area contributed by atoms with Crippen molar-refractivity contribution in [2.24, 2.45) is 5.10 Å². The zero-order chi connectivity index (χ0) is 25.9. The molecule has 3 N–H and O–H groups in total. The highest BCUT2D eigenvalue weighted by atomic mass is 16.5. The molecule has 0 saturated heterocycles. The van der Waals surface area contributed by atoms with Gasteiger partial charge in [-0.25, -0.2) is 5.43 Å². The van der Waals surface area contributed by atoms with E-state index in [0.717, 1.165) is 18.8 Å². The molecular formula is C28H30N4O4. The van der Waals surface area contributed by atoms with E-state index in [4.69, 9.17) is 4.74 Å². The van der Waals surface area contributed by atoms with Crippen molar-refractivity contribution in [3.63, 3.8) is 0 Å². The molecule has 3 aromatic carbocycles. The second-order valence-corrected chi connectivity index (χ2v) is 7.77. The number of hydrogen-bond acceptors (Lipinski definition) is 6. The number of anilines is 1. The smallest absolute Gasteiger partial charge is 0.287 e. The number of phenolic OH excluding ortho intramolecular Hbond substituents is 1. The summed E-state index contributed by atoms with van der Waals surface area (Å²) in [5.74, 6) is -0.337. The van der Waals surface area contributed by atoms with Gasteiger partial charge in [-0.1, -0.05) is 30.3 Å². The molecule has 0 aliphatic heterocycles. The first-order valence-corrected chi connectivity index (χ1v) is 11.6. The third-order valence-corrected chi connectivity index (χ3v) is 5.47. The van der Waals surface area contributed by atoms with E-state index < -0.39 is 11.8 Å². The summed E-state index contributed by atoms with van der Waals surface area (Å²) in [6.45, 7) is 5.72. The lowest BCUT2D eigenvalue weighted by Crippen LogP contribution is -2.32. The van der Waals surface area contributed by atoms with Crippen molar-refractivity contribution >= 4 is 29.8 Å². The summed E-state index contributed by atoms with van der Waals surface area (Å²) < 4.78 is 5.17. The number of nitrogens with zero attached hydrogens (tertiary/aromatic N) is 2. The molecule has 0 fully saturated rings. The van der Waals surface area contributed by atoms with Crippen LogP contribution in [0.5, 0.6) is 11.5 Å². The Labute approximate surface area is 210 Å². The van der Waals surface area contributed by atoms with Gasteiger partial charge in [-0.05, 0) is 61.9 Å². The highest BCUT2D eigenvalue weighted by Gasteiger charge is 2.14. The van der Waals surface area contributed by atoms with Crippen LogP contribution < -0.4 is 20.4 Å². The second kappa shape index (κ2) is 12.8. The summed E-state index contributed by atoms with van der Waals surface area (Å²) >= 11 is 0. The largest absolute Gasteiger partial charge is 0.507 e. The van der Waals surface area contributed by atoms with Crippen molar-refractivity contribution in [1.82, 2.24) is 10.7 Å². The average molecular weight is 487 g/mol. The highest BCUT2D eigenvalue weighted by Crippen LogP contribution is 2.23. The lowest BCUT2D eigenvalue weighted by molar-refractivity contribution is -0.117. The minimum absolute atomic E-state index is 0.00673. The number of aromatic hydroxyl groups is 1. The van der Waals surface area contributed by atoms with Gasteiger partial charge in [0.2, 0.25) is 0 Å². The van der Waals surface area contributed by atoms with Crippen LogP contribution in [0.3, 0.4) is 0 Å². The predicted molar refractivity (Wildman–Crippen MR) is 142 cm³/mol. The SMILES string of the molecule is CCN(CC)c1ccc(/C=N/NC(=O)C(=Cc2ccc(OC)cc2)NC(=O)c2ccccc2)c(O)c1. The number of amides is 2. The summed E-state index contributed by atoms with van der Waals surface area (Å²) in [7, 11) is 1.57. The van der Waals surface area contributed by atoms with Gasteiger partial charge in [0.1, 0.15) is 17.2 Å². The van der Waals surface area contributed by atoms with E-state index in [2.05, 4.69) is 20.7 Å². The van der Waals surface area contributed by atoms with Gasteiger partial charge >= 0.3 is 0 Å². The first kappa shape index (κ1) is 26.0. The molecule has 0 aliphatic rings. The molecular weight excluding hydrogens is 456 g/mol. The third kappa shape index (κ3) is 6.96. The normalized spacial score (nSPS) is 11.2. The van der Waals surface area contributed by atoms with Gasteiger partial charge < -0.3 is 20.1 Å². The molecule has 0 aromatic heterocycles. The van der Waals surface area contributed by atoms with E-state index in [1.54, 1.807) is 79.9 Å². The Kier molecular flexibility index (Phi) is 9.22. The van der Waals surface area contributed by atoms with Crippen LogP contribution in [0.2, 0.25) is 0 Å². The van der Waals surface area contributed by atoms with Crippen molar-refractivity contribution in [1.29, 1.82) is 0 Å². The highest BCUT2D eigenvalue weighted by molar-refractivity contribution is 6.05. The van der Waals surface area contributed by atoms with Gasteiger partial charge in [0, 0.05) is 36.0 Å². The molecule has 0 unspecified atom stereocenters. The summed E-state index contributed by atoms with van der Waals surface area (Å²) in [4.78, 5) is 27.7.